The number of anilines is 1. The highest BCUT2D eigenvalue weighted by Crippen LogP contribution is 2.27. The van der Waals surface area contributed by atoms with Crippen molar-refractivity contribution in [3.8, 4) is 0 Å². The molecule has 154 valence electrons. The van der Waals surface area contributed by atoms with Crippen LogP contribution in [0.1, 0.15) is 43.2 Å². The molecule has 1 fully saturated rings. The minimum atomic E-state index is 0. The maximum atomic E-state index is 6.19. The summed E-state index contributed by atoms with van der Waals surface area (Å²) in [6.45, 7) is 9.74. The Morgan fingerprint density at radius 1 is 1.36 bits per heavy atom. The lowest BCUT2D eigenvalue weighted by Gasteiger charge is -2.36. The van der Waals surface area contributed by atoms with Crippen LogP contribution in [0.4, 0.5) is 5.69 Å². The number of aliphatic imine (C=N–C) groups is 1. The first kappa shape index (κ1) is 23.1. The van der Waals surface area contributed by atoms with Crippen LogP contribution in [0.3, 0.4) is 0 Å². The van der Waals surface area contributed by atoms with Crippen LogP contribution in [0.25, 0.3) is 0 Å². The molecule has 2 atom stereocenters. The van der Waals surface area contributed by atoms with Crippen LogP contribution in [0.5, 0.6) is 0 Å². The number of morpholine rings is 1. The van der Waals surface area contributed by atoms with Gasteiger partial charge in [0.1, 0.15) is 0 Å². The summed E-state index contributed by atoms with van der Waals surface area (Å²) in [6, 6.07) is 12.9. The second-order valence-corrected chi connectivity index (χ2v) is 8.32. The maximum Gasteiger partial charge on any atom is 0.193 e. The minimum Gasteiger partial charge on any atom is -0.376 e. The highest BCUT2D eigenvalue weighted by Gasteiger charge is 2.26. The van der Waals surface area contributed by atoms with Gasteiger partial charge in [-0.2, -0.15) is 0 Å². The first-order valence-corrected chi connectivity index (χ1v) is 10.5. The molecule has 28 heavy (non-hydrogen) atoms. The number of guanidine groups is 1. The van der Waals surface area contributed by atoms with E-state index in [2.05, 4.69) is 71.7 Å². The molecule has 0 aliphatic carbocycles. The van der Waals surface area contributed by atoms with Gasteiger partial charge in [-0.15, -0.1) is 35.3 Å². The smallest absolute Gasteiger partial charge is 0.193 e. The van der Waals surface area contributed by atoms with Crippen LogP contribution in [0, 0.1) is 0 Å². The SMILES string of the molecule is CC1CN(C(CN=C(N)Nc2cccc(C(C)C)c2)c2cccs2)CCO1.I. The fourth-order valence-corrected chi connectivity index (χ4v) is 4.19. The molecule has 0 radical (unpaired) electrons. The van der Waals surface area contributed by atoms with Gasteiger partial charge in [0.25, 0.3) is 0 Å². The molecule has 0 spiro atoms. The lowest BCUT2D eigenvalue weighted by atomic mass is 10.0. The minimum absolute atomic E-state index is 0. The van der Waals surface area contributed by atoms with Gasteiger partial charge in [-0.25, -0.2) is 0 Å². The molecule has 1 aliphatic heterocycles. The van der Waals surface area contributed by atoms with Crippen LogP contribution >= 0.6 is 35.3 Å². The zero-order valence-corrected chi connectivity index (χ0v) is 19.9. The molecule has 2 aromatic rings. The highest BCUT2D eigenvalue weighted by molar-refractivity contribution is 14.0. The van der Waals surface area contributed by atoms with Crippen molar-refractivity contribution < 1.29 is 4.74 Å². The van der Waals surface area contributed by atoms with Crippen molar-refractivity contribution in [2.24, 2.45) is 10.7 Å². The van der Waals surface area contributed by atoms with Gasteiger partial charge in [0, 0.05) is 23.7 Å². The van der Waals surface area contributed by atoms with Gasteiger partial charge in [0.15, 0.2) is 5.96 Å². The van der Waals surface area contributed by atoms with Crippen LogP contribution in [0.2, 0.25) is 0 Å². The summed E-state index contributed by atoms with van der Waals surface area (Å²) in [6.07, 6.45) is 0.249. The van der Waals surface area contributed by atoms with Gasteiger partial charge in [-0.1, -0.05) is 32.0 Å². The van der Waals surface area contributed by atoms with Crippen molar-refractivity contribution in [3.63, 3.8) is 0 Å². The average Bonchev–Trinajstić information content (AvgIpc) is 3.16. The predicted molar refractivity (Wildman–Crippen MR) is 130 cm³/mol. The van der Waals surface area contributed by atoms with E-state index < -0.39 is 0 Å². The number of benzene rings is 1. The second kappa shape index (κ2) is 11.1. The van der Waals surface area contributed by atoms with Gasteiger partial charge in [-0.3, -0.25) is 9.89 Å². The number of rotatable bonds is 6. The lowest BCUT2D eigenvalue weighted by molar-refractivity contribution is -0.0327. The molecule has 0 bridgehead atoms. The Balaban J connectivity index is 0.00000280. The molecule has 0 saturated carbocycles. The zero-order chi connectivity index (χ0) is 19.2. The van der Waals surface area contributed by atoms with E-state index in [1.54, 1.807) is 11.3 Å². The Hall–Kier alpha value is -1.16. The van der Waals surface area contributed by atoms with Gasteiger partial charge in [0.2, 0.25) is 0 Å². The number of hydrogen-bond donors (Lipinski definition) is 2. The average molecular weight is 514 g/mol. The van der Waals surface area contributed by atoms with Crippen LogP contribution < -0.4 is 11.1 Å². The fraction of sp³-hybridized carbons (Fsp3) is 0.476. The van der Waals surface area contributed by atoms with Gasteiger partial charge < -0.3 is 15.8 Å². The molecule has 2 heterocycles. The maximum absolute atomic E-state index is 6.19. The summed E-state index contributed by atoms with van der Waals surface area (Å²) in [7, 11) is 0. The molecule has 7 heteroatoms. The third-order valence-corrected chi connectivity index (χ3v) is 5.82. The third kappa shape index (κ3) is 6.43. The van der Waals surface area contributed by atoms with E-state index in [0.29, 0.717) is 18.4 Å². The summed E-state index contributed by atoms with van der Waals surface area (Å²) in [5.74, 6) is 0.940. The molecule has 1 saturated heterocycles. The van der Waals surface area contributed by atoms with E-state index in [1.807, 2.05) is 6.07 Å². The number of hydrogen-bond acceptors (Lipinski definition) is 4. The largest absolute Gasteiger partial charge is 0.376 e. The molecule has 2 unspecified atom stereocenters. The van der Waals surface area contributed by atoms with Crippen LogP contribution in [-0.2, 0) is 4.74 Å². The van der Waals surface area contributed by atoms with Crippen molar-refractivity contribution in [2.45, 2.75) is 38.8 Å². The van der Waals surface area contributed by atoms with Crippen molar-refractivity contribution in [2.75, 3.05) is 31.6 Å². The second-order valence-electron chi connectivity index (χ2n) is 7.34. The van der Waals surface area contributed by atoms with E-state index in [1.165, 1.54) is 10.4 Å². The molecule has 1 aliphatic rings. The molecular formula is C21H31IN4OS. The summed E-state index contributed by atoms with van der Waals surface area (Å²) in [5.41, 5.74) is 8.45. The van der Waals surface area contributed by atoms with Crippen molar-refractivity contribution in [1.82, 2.24) is 4.90 Å². The number of thiophene rings is 1. The Morgan fingerprint density at radius 2 is 2.18 bits per heavy atom. The van der Waals surface area contributed by atoms with Crippen molar-refractivity contribution >= 4 is 47.0 Å². The summed E-state index contributed by atoms with van der Waals surface area (Å²) < 4.78 is 5.70. The van der Waals surface area contributed by atoms with Gasteiger partial charge in [0.05, 0.1) is 25.3 Å². The molecule has 1 aromatic heterocycles. The van der Waals surface area contributed by atoms with Crippen LogP contribution in [0.15, 0.2) is 46.8 Å². The number of halogens is 1. The molecule has 0 amide bonds. The van der Waals surface area contributed by atoms with E-state index in [9.17, 15) is 0 Å². The first-order valence-electron chi connectivity index (χ1n) is 9.59. The van der Waals surface area contributed by atoms with E-state index in [-0.39, 0.29) is 36.1 Å². The number of nitrogens with two attached hydrogens (primary N) is 1. The summed E-state index contributed by atoms with van der Waals surface area (Å²) in [4.78, 5) is 8.43. The summed E-state index contributed by atoms with van der Waals surface area (Å²) in [5, 5.41) is 5.36. The monoisotopic (exact) mass is 514 g/mol. The van der Waals surface area contributed by atoms with Crippen LogP contribution in [-0.4, -0.2) is 43.2 Å². The van der Waals surface area contributed by atoms with E-state index in [4.69, 9.17) is 10.5 Å². The number of ether oxygens (including phenoxy) is 1. The van der Waals surface area contributed by atoms with Gasteiger partial charge >= 0.3 is 0 Å². The molecule has 1 aromatic carbocycles. The molecule has 5 nitrogen and oxygen atoms in total. The van der Waals surface area contributed by atoms with E-state index in [0.717, 1.165) is 25.4 Å². The Bertz CT molecular complexity index is 751. The quantitative estimate of drug-likeness (QED) is 0.334. The van der Waals surface area contributed by atoms with Crippen molar-refractivity contribution in [1.29, 1.82) is 0 Å². The highest BCUT2D eigenvalue weighted by atomic mass is 127. The number of nitrogens with zero attached hydrogens (tertiary/aromatic N) is 2. The molecule has 3 N–H and O–H groups in total. The standard InChI is InChI=1S/C21H30N4OS.HI/c1-15(2)17-6-4-7-18(12-17)24-21(22)23-13-19(20-8-5-11-27-20)25-9-10-26-16(3)14-25;/h4-8,11-12,15-16,19H,9-10,13-14H2,1-3H3,(H3,22,23,24);1H. The van der Waals surface area contributed by atoms with Crippen molar-refractivity contribution in [3.05, 3.63) is 52.2 Å². The normalized spacial score (nSPS) is 19.3. The topological polar surface area (TPSA) is 62.9 Å². The molecular weight excluding hydrogens is 483 g/mol. The Kier molecular flexibility index (Phi) is 9.20. The van der Waals surface area contributed by atoms with E-state index >= 15 is 0 Å². The fourth-order valence-electron chi connectivity index (χ4n) is 3.34. The Labute approximate surface area is 189 Å². The zero-order valence-electron chi connectivity index (χ0n) is 16.8. The van der Waals surface area contributed by atoms with Gasteiger partial charge in [-0.05, 0) is 42.0 Å². The Morgan fingerprint density at radius 3 is 2.86 bits per heavy atom. The first-order chi connectivity index (χ1) is 13.0. The third-order valence-electron chi connectivity index (χ3n) is 4.85. The lowest BCUT2D eigenvalue weighted by Crippen LogP contribution is -2.44. The summed E-state index contributed by atoms with van der Waals surface area (Å²) >= 11 is 1.77. The molecule has 3 rings (SSSR count). The predicted octanol–water partition coefficient (Wildman–Crippen LogP) is 4.68. The number of nitrogens with one attached hydrogen (secondary N) is 1.